The minimum Gasteiger partial charge on any atom is -0.381 e. The van der Waals surface area contributed by atoms with E-state index in [1.165, 1.54) is 19.4 Å². The fraction of sp³-hybridized carbons (Fsp3) is 0.947. The van der Waals surface area contributed by atoms with Crippen molar-refractivity contribution >= 4 is 5.91 Å². The number of likely N-dealkylation sites (N-methyl/N-ethyl adjacent to an activating group) is 1. The van der Waals surface area contributed by atoms with E-state index >= 15 is 0 Å². The highest BCUT2D eigenvalue weighted by Crippen LogP contribution is 2.33. The standard InChI is InChI=1S/C19H33N3O3/c1-20-8-10-21(11-9-20)19(23)18-3-2-16-17(25-18)4-7-22(16)14-15-5-12-24-13-6-15/h15-18H,2-14H2,1H3/t16-,17-,18-/m0/s1. The number of hydrogen-bond donors (Lipinski definition) is 0. The molecule has 0 unspecified atom stereocenters. The van der Waals surface area contributed by atoms with Gasteiger partial charge in [0.25, 0.3) is 5.91 Å². The minimum atomic E-state index is -0.201. The van der Waals surface area contributed by atoms with Gasteiger partial charge >= 0.3 is 0 Å². The van der Waals surface area contributed by atoms with Gasteiger partial charge in [0.05, 0.1) is 6.10 Å². The number of nitrogens with zero attached hydrogens (tertiary/aromatic N) is 3. The van der Waals surface area contributed by atoms with E-state index in [0.717, 1.165) is 71.1 Å². The third-order valence-electron chi connectivity index (χ3n) is 6.59. The molecule has 0 aromatic carbocycles. The molecule has 4 rings (SSSR count). The molecule has 0 aromatic rings. The molecule has 0 aromatic heterocycles. The van der Waals surface area contributed by atoms with Crippen LogP contribution in [-0.2, 0) is 14.3 Å². The van der Waals surface area contributed by atoms with Gasteiger partial charge in [-0.25, -0.2) is 0 Å². The van der Waals surface area contributed by atoms with E-state index in [9.17, 15) is 4.79 Å². The van der Waals surface area contributed by atoms with Gasteiger partial charge in [0, 0.05) is 58.5 Å². The zero-order valence-electron chi connectivity index (χ0n) is 15.6. The monoisotopic (exact) mass is 351 g/mol. The number of carbonyl (C=O) groups is 1. The van der Waals surface area contributed by atoms with Crippen LogP contribution in [0.25, 0.3) is 0 Å². The summed E-state index contributed by atoms with van der Waals surface area (Å²) in [4.78, 5) is 19.7. The Bertz CT molecular complexity index is 461. The Labute approximate surface area is 151 Å². The van der Waals surface area contributed by atoms with Crippen molar-refractivity contribution in [1.82, 2.24) is 14.7 Å². The molecule has 0 spiro atoms. The second kappa shape index (κ2) is 7.91. The lowest BCUT2D eigenvalue weighted by molar-refractivity contribution is -0.156. The van der Waals surface area contributed by atoms with Crippen LogP contribution in [-0.4, -0.2) is 98.4 Å². The molecular weight excluding hydrogens is 318 g/mol. The first-order chi connectivity index (χ1) is 12.2. The van der Waals surface area contributed by atoms with E-state index in [0.29, 0.717) is 6.04 Å². The molecule has 6 nitrogen and oxygen atoms in total. The van der Waals surface area contributed by atoms with Gasteiger partial charge in [-0.15, -0.1) is 0 Å². The predicted octanol–water partition coefficient (Wildman–Crippen LogP) is 0.809. The summed E-state index contributed by atoms with van der Waals surface area (Å²) in [6.45, 7) is 7.80. The summed E-state index contributed by atoms with van der Waals surface area (Å²) in [5.41, 5.74) is 0. The second-order valence-corrected chi connectivity index (χ2v) is 8.28. The summed E-state index contributed by atoms with van der Waals surface area (Å²) in [6.07, 6.45) is 5.52. The highest BCUT2D eigenvalue weighted by atomic mass is 16.5. The Kier molecular flexibility index (Phi) is 5.60. The summed E-state index contributed by atoms with van der Waals surface area (Å²) >= 11 is 0. The SMILES string of the molecule is CN1CCN(C(=O)[C@@H]2CC[C@H]3[C@H](CCN3CC3CCOCC3)O2)CC1. The quantitative estimate of drug-likeness (QED) is 0.753. The molecule has 3 atom stereocenters. The summed E-state index contributed by atoms with van der Waals surface area (Å²) in [5, 5.41) is 0. The summed E-state index contributed by atoms with van der Waals surface area (Å²) in [5.74, 6) is 1.01. The molecule has 0 saturated carbocycles. The molecule has 4 heterocycles. The number of carbonyl (C=O) groups excluding carboxylic acids is 1. The van der Waals surface area contributed by atoms with Gasteiger partial charge in [0.2, 0.25) is 0 Å². The third-order valence-corrected chi connectivity index (χ3v) is 6.59. The Morgan fingerprint density at radius 3 is 2.48 bits per heavy atom. The zero-order chi connectivity index (χ0) is 17.2. The number of fused-ring (bicyclic) bond motifs is 1. The van der Waals surface area contributed by atoms with Crippen molar-refractivity contribution < 1.29 is 14.3 Å². The Morgan fingerprint density at radius 2 is 1.72 bits per heavy atom. The molecule has 0 bridgehead atoms. The molecule has 0 radical (unpaired) electrons. The van der Waals surface area contributed by atoms with Crippen LogP contribution < -0.4 is 0 Å². The minimum absolute atomic E-state index is 0.201. The molecular formula is C19H33N3O3. The first-order valence-corrected chi connectivity index (χ1v) is 10.2. The number of likely N-dealkylation sites (tertiary alicyclic amines) is 1. The van der Waals surface area contributed by atoms with Crippen molar-refractivity contribution in [2.24, 2.45) is 5.92 Å². The van der Waals surface area contributed by atoms with E-state index in [1.807, 2.05) is 4.90 Å². The Balaban J connectivity index is 1.28. The van der Waals surface area contributed by atoms with Crippen molar-refractivity contribution in [2.45, 2.75) is 50.4 Å². The van der Waals surface area contributed by atoms with Crippen LogP contribution in [0.5, 0.6) is 0 Å². The van der Waals surface area contributed by atoms with Crippen LogP contribution in [0.1, 0.15) is 32.1 Å². The van der Waals surface area contributed by atoms with Crippen molar-refractivity contribution in [3.05, 3.63) is 0 Å². The molecule has 4 aliphatic rings. The Morgan fingerprint density at radius 1 is 0.960 bits per heavy atom. The molecule has 4 saturated heterocycles. The summed E-state index contributed by atoms with van der Waals surface area (Å²) < 4.78 is 11.8. The fourth-order valence-electron chi connectivity index (χ4n) is 4.91. The van der Waals surface area contributed by atoms with Gasteiger partial charge in [-0.1, -0.05) is 0 Å². The maximum atomic E-state index is 12.8. The van der Waals surface area contributed by atoms with E-state index < -0.39 is 0 Å². The van der Waals surface area contributed by atoms with Gasteiger partial charge in [-0.3, -0.25) is 9.69 Å². The molecule has 6 heteroatoms. The van der Waals surface area contributed by atoms with Crippen LogP contribution in [0.3, 0.4) is 0 Å². The maximum absolute atomic E-state index is 12.8. The smallest absolute Gasteiger partial charge is 0.251 e. The maximum Gasteiger partial charge on any atom is 0.251 e. The molecule has 142 valence electrons. The van der Waals surface area contributed by atoms with Crippen LogP contribution in [0.15, 0.2) is 0 Å². The topological polar surface area (TPSA) is 45.2 Å². The number of piperazine rings is 1. The van der Waals surface area contributed by atoms with Crippen molar-refractivity contribution in [2.75, 3.05) is 59.5 Å². The molecule has 0 aliphatic carbocycles. The molecule has 0 N–H and O–H groups in total. The van der Waals surface area contributed by atoms with E-state index in [2.05, 4.69) is 16.8 Å². The molecule has 25 heavy (non-hydrogen) atoms. The van der Waals surface area contributed by atoms with Crippen molar-refractivity contribution in [1.29, 1.82) is 0 Å². The number of hydrogen-bond acceptors (Lipinski definition) is 5. The van der Waals surface area contributed by atoms with Crippen molar-refractivity contribution in [3.63, 3.8) is 0 Å². The fourth-order valence-corrected chi connectivity index (χ4v) is 4.91. The average Bonchev–Trinajstić information content (AvgIpc) is 3.05. The highest BCUT2D eigenvalue weighted by molar-refractivity contribution is 5.81. The third kappa shape index (κ3) is 4.02. The van der Waals surface area contributed by atoms with E-state index in [-0.39, 0.29) is 18.1 Å². The molecule has 4 aliphatic heterocycles. The largest absolute Gasteiger partial charge is 0.381 e. The number of ether oxygens (including phenoxy) is 2. The predicted molar refractivity (Wildman–Crippen MR) is 95.5 cm³/mol. The lowest BCUT2D eigenvalue weighted by Crippen LogP contribution is -2.53. The van der Waals surface area contributed by atoms with Crippen LogP contribution >= 0.6 is 0 Å². The lowest BCUT2D eigenvalue weighted by atomic mass is 9.96. The first-order valence-electron chi connectivity index (χ1n) is 10.2. The van der Waals surface area contributed by atoms with Crippen LogP contribution in [0.4, 0.5) is 0 Å². The lowest BCUT2D eigenvalue weighted by Gasteiger charge is -2.40. The van der Waals surface area contributed by atoms with Crippen LogP contribution in [0.2, 0.25) is 0 Å². The van der Waals surface area contributed by atoms with Gasteiger partial charge < -0.3 is 19.3 Å². The molecule has 4 fully saturated rings. The molecule has 1 amide bonds. The first kappa shape index (κ1) is 17.7. The average molecular weight is 351 g/mol. The highest BCUT2D eigenvalue weighted by Gasteiger charge is 2.43. The normalized spacial score (nSPS) is 35.7. The van der Waals surface area contributed by atoms with Gasteiger partial charge in [-0.05, 0) is 45.1 Å². The summed E-state index contributed by atoms with van der Waals surface area (Å²) in [7, 11) is 2.12. The number of rotatable bonds is 3. The number of amides is 1. The Hall–Kier alpha value is -0.690. The zero-order valence-corrected chi connectivity index (χ0v) is 15.6. The van der Waals surface area contributed by atoms with E-state index in [1.54, 1.807) is 0 Å². The van der Waals surface area contributed by atoms with E-state index in [4.69, 9.17) is 9.47 Å². The second-order valence-electron chi connectivity index (χ2n) is 8.28. The van der Waals surface area contributed by atoms with Crippen LogP contribution in [0, 0.1) is 5.92 Å². The van der Waals surface area contributed by atoms with Gasteiger partial charge in [-0.2, -0.15) is 0 Å². The van der Waals surface area contributed by atoms with Gasteiger partial charge in [0.15, 0.2) is 0 Å². The van der Waals surface area contributed by atoms with Crippen molar-refractivity contribution in [3.8, 4) is 0 Å². The van der Waals surface area contributed by atoms with Gasteiger partial charge in [0.1, 0.15) is 6.10 Å². The summed E-state index contributed by atoms with van der Waals surface area (Å²) in [6, 6.07) is 0.527.